The number of allylic oxidation sites excluding steroid dienone is 6. The second-order valence-corrected chi connectivity index (χ2v) is 9.53. The number of benzene rings is 2. The van der Waals surface area contributed by atoms with Crippen molar-refractivity contribution in [1.82, 2.24) is 10.3 Å². The normalized spacial score (nSPS) is 16.6. The molecular weight excluding hydrogens is 412 g/mol. The van der Waals surface area contributed by atoms with Gasteiger partial charge in [-0.25, -0.2) is 0 Å². The summed E-state index contributed by atoms with van der Waals surface area (Å²) >= 11 is 0. The zero-order valence-electron chi connectivity index (χ0n) is 19.8. The second-order valence-electron chi connectivity index (χ2n) is 9.53. The van der Waals surface area contributed by atoms with E-state index >= 15 is 0 Å². The fourth-order valence-electron chi connectivity index (χ4n) is 5.56. The summed E-state index contributed by atoms with van der Waals surface area (Å²) in [6, 6.07) is 15.7. The predicted molar refractivity (Wildman–Crippen MR) is 142 cm³/mol. The van der Waals surface area contributed by atoms with Gasteiger partial charge in [-0.2, -0.15) is 0 Å². The molecule has 2 aliphatic heterocycles. The topological polar surface area (TPSA) is 24.9 Å². The van der Waals surface area contributed by atoms with Gasteiger partial charge in [-0.05, 0) is 108 Å². The van der Waals surface area contributed by atoms with Crippen LogP contribution in [0.15, 0.2) is 90.4 Å². The highest BCUT2D eigenvalue weighted by atomic mass is 14.9. The largest absolute Gasteiger partial charge is 0.365 e. The Bertz CT molecular complexity index is 1370. The summed E-state index contributed by atoms with van der Waals surface area (Å²) in [5, 5.41) is 3.20. The van der Waals surface area contributed by atoms with E-state index in [1.165, 1.54) is 70.3 Å². The van der Waals surface area contributed by atoms with Gasteiger partial charge in [0, 0.05) is 29.4 Å². The summed E-state index contributed by atoms with van der Waals surface area (Å²) < 4.78 is 0. The SMILES string of the molecule is C1=CC2=CC=C(CC2)N1.Cc1ccc(-c2cccc3c2CCc2c-3ccc3c2CCC=C3)cn1. The number of nitrogens with zero attached hydrogens (tertiary/aromatic N) is 1. The first-order valence-corrected chi connectivity index (χ1v) is 12.5. The summed E-state index contributed by atoms with van der Waals surface area (Å²) in [6.45, 7) is 2.04. The number of aromatic nitrogens is 1. The van der Waals surface area contributed by atoms with E-state index in [2.05, 4.69) is 83.1 Å². The lowest BCUT2D eigenvalue weighted by Gasteiger charge is -2.27. The molecule has 3 aromatic rings. The monoisotopic (exact) mass is 442 g/mol. The van der Waals surface area contributed by atoms with Crippen molar-refractivity contribution < 1.29 is 0 Å². The Labute approximate surface area is 202 Å². The molecule has 5 aliphatic rings. The molecule has 8 rings (SSSR count). The van der Waals surface area contributed by atoms with Crippen LogP contribution in [0.5, 0.6) is 0 Å². The Morgan fingerprint density at radius 3 is 2.47 bits per heavy atom. The minimum absolute atomic E-state index is 1.07. The lowest BCUT2D eigenvalue weighted by molar-refractivity contribution is 0.874. The maximum atomic E-state index is 4.50. The van der Waals surface area contributed by atoms with Crippen molar-refractivity contribution in [2.75, 3.05) is 0 Å². The lowest BCUT2D eigenvalue weighted by Crippen LogP contribution is -2.10. The summed E-state index contributed by atoms with van der Waals surface area (Å²) in [7, 11) is 0. The lowest BCUT2D eigenvalue weighted by atomic mass is 9.78. The minimum Gasteiger partial charge on any atom is -0.365 e. The van der Waals surface area contributed by atoms with Crippen molar-refractivity contribution in [3.8, 4) is 22.3 Å². The van der Waals surface area contributed by atoms with Gasteiger partial charge in [-0.1, -0.05) is 54.6 Å². The Balaban J connectivity index is 0.000000202. The fraction of sp³-hybridized carbons (Fsp3) is 0.219. The molecule has 2 bridgehead atoms. The number of hydrogen-bond donors (Lipinski definition) is 1. The van der Waals surface area contributed by atoms with Crippen LogP contribution in [-0.2, 0) is 19.3 Å². The van der Waals surface area contributed by atoms with E-state index in [1.807, 2.05) is 19.3 Å². The Morgan fingerprint density at radius 1 is 0.735 bits per heavy atom. The third kappa shape index (κ3) is 3.94. The van der Waals surface area contributed by atoms with Gasteiger partial charge >= 0.3 is 0 Å². The van der Waals surface area contributed by atoms with Crippen molar-refractivity contribution in [2.45, 2.75) is 45.4 Å². The van der Waals surface area contributed by atoms with Gasteiger partial charge in [-0.15, -0.1) is 0 Å². The van der Waals surface area contributed by atoms with Crippen LogP contribution in [0.25, 0.3) is 28.3 Å². The number of hydrogen-bond acceptors (Lipinski definition) is 2. The van der Waals surface area contributed by atoms with Gasteiger partial charge in [0.1, 0.15) is 0 Å². The molecule has 0 saturated carbocycles. The Hall–Kier alpha value is -3.65. The van der Waals surface area contributed by atoms with E-state index in [-0.39, 0.29) is 0 Å². The molecule has 2 heteroatoms. The number of rotatable bonds is 1. The standard InChI is InChI=1S/C24H21N.C8H9N/c1-16-9-10-18(15-25-16)20-7-4-8-21-23(20)14-13-22-19-6-3-2-5-17(19)11-12-24(21)22;1-3-8-4-2-7(1)5-6-9-8/h2,4-5,7-12,15H,3,6,13-14H2,1H3;1,3,5-6,9H,2,4H2. The number of nitrogens with one attached hydrogen (secondary N) is 1. The van der Waals surface area contributed by atoms with Crippen LogP contribution in [0.2, 0.25) is 0 Å². The zero-order chi connectivity index (χ0) is 22.9. The van der Waals surface area contributed by atoms with Crippen LogP contribution in [-0.4, -0.2) is 4.98 Å². The van der Waals surface area contributed by atoms with E-state index in [9.17, 15) is 0 Å². The molecule has 2 aromatic carbocycles. The summed E-state index contributed by atoms with van der Waals surface area (Å²) in [4.78, 5) is 4.50. The molecule has 0 amide bonds. The third-order valence-electron chi connectivity index (χ3n) is 7.39. The number of fused-ring (bicyclic) bond motifs is 8. The van der Waals surface area contributed by atoms with E-state index < -0.39 is 0 Å². The highest BCUT2D eigenvalue weighted by molar-refractivity contribution is 5.83. The predicted octanol–water partition coefficient (Wildman–Crippen LogP) is 7.49. The molecule has 3 aliphatic carbocycles. The molecule has 0 unspecified atom stereocenters. The van der Waals surface area contributed by atoms with Crippen molar-refractivity contribution in [1.29, 1.82) is 0 Å². The number of pyridine rings is 1. The molecule has 0 spiro atoms. The third-order valence-corrected chi connectivity index (χ3v) is 7.39. The maximum absolute atomic E-state index is 4.50. The van der Waals surface area contributed by atoms with Gasteiger partial charge in [-0.3, -0.25) is 4.98 Å². The van der Waals surface area contributed by atoms with Crippen LogP contribution in [0.3, 0.4) is 0 Å². The van der Waals surface area contributed by atoms with Crippen LogP contribution in [0.4, 0.5) is 0 Å². The van der Waals surface area contributed by atoms with E-state index in [0.717, 1.165) is 18.5 Å². The molecule has 0 saturated heterocycles. The van der Waals surface area contributed by atoms with E-state index in [4.69, 9.17) is 0 Å². The summed E-state index contributed by atoms with van der Waals surface area (Å²) in [5.41, 5.74) is 15.3. The first kappa shape index (κ1) is 20.9. The van der Waals surface area contributed by atoms with Crippen molar-refractivity contribution in [3.05, 3.63) is 118 Å². The van der Waals surface area contributed by atoms with Gasteiger partial charge < -0.3 is 5.32 Å². The van der Waals surface area contributed by atoms with E-state index in [0.29, 0.717) is 0 Å². The molecular formula is C32H30N2. The fourth-order valence-corrected chi connectivity index (χ4v) is 5.56. The molecule has 168 valence electrons. The Kier molecular flexibility index (Phi) is 5.50. The van der Waals surface area contributed by atoms with Gasteiger partial charge in [0.15, 0.2) is 0 Å². The average Bonchev–Trinajstić information content (AvgIpc) is 3.27. The van der Waals surface area contributed by atoms with Crippen molar-refractivity contribution in [2.24, 2.45) is 0 Å². The average molecular weight is 443 g/mol. The summed E-state index contributed by atoms with van der Waals surface area (Å²) in [6.07, 6.45) is 22.1. The molecule has 34 heavy (non-hydrogen) atoms. The van der Waals surface area contributed by atoms with Gasteiger partial charge in [0.05, 0.1) is 0 Å². The maximum Gasteiger partial charge on any atom is 0.0373 e. The zero-order valence-corrected chi connectivity index (χ0v) is 19.8. The first-order valence-electron chi connectivity index (χ1n) is 12.5. The number of aryl methyl sites for hydroxylation is 1. The molecule has 3 heterocycles. The smallest absolute Gasteiger partial charge is 0.0373 e. The highest BCUT2D eigenvalue weighted by Gasteiger charge is 2.23. The first-order chi connectivity index (χ1) is 16.8. The Morgan fingerprint density at radius 2 is 1.62 bits per heavy atom. The van der Waals surface area contributed by atoms with Crippen molar-refractivity contribution >= 4 is 6.08 Å². The molecule has 2 nitrogen and oxygen atoms in total. The highest BCUT2D eigenvalue weighted by Crippen LogP contribution is 2.41. The van der Waals surface area contributed by atoms with Gasteiger partial charge in [0.2, 0.25) is 0 Å². The quantitative estimate of drug-likeness (QED) is 0.422. The van der Waals surface area contributed by atoms with Crippen LogP contribution >= 0.6 is 0 Å². The molecule has 0 atom stereocenters. The van der Waals surface area contributed by atoms with Crippen LogP contribution in [0, 0.1) is 6.92 Å². The van der Waals surface area contributed by atoms with E-state index in [1.54, 1.807) is 11.1 Å². The minimum atomic E-state index is 1.07. The second kappa shape index (κ2) is 8.95. The van der Waals surface area contributed by atoms with Crippen LogP contribution in [0.1, 0.15) is 47.2 Å². The summed E-state index contributed by atoms with van der Waals surface area (Å²) in [5.74, 6) is 0. The molecule has 1 aromatic heterocycles. The molecule has 1 N–H and O–H groups in total. The molecule has 0 radical (unpaired) electrons. The van der Waals surface area contributed by atoms with Crippen LogP contribution < -0.4 is 5.32 Å². The van der Waals surface area contributed by atoms with Gasteiger partial charge in [0.25, 0.3) is 0 Å². The molecule has 0 fully saturated rings. The van der Waals surface area contributed by atoms with Crippen molar-refractivity contribution in [3.63, 3.8) is 0 Å².